The standard InChI is InChI=1S/C16H18N4S/c1-17-16(21)19-14-6-7-15(18-10-14)20-9-8-12-4-2-3-5-13(12)11-20/h2-7,10H,8-9,11H2,1H3,(H2,17,19,21). The van der Waals surface area contributed by atoms with E-state index in [4.69, 9.17) is 12.2 Å². The fourth-order valence-corrected chi connectivity index (χ4v) is 2.65. The van der Waals surface area contributed by atoms with Gasteiger partial charge in [0.1, 0.15) is 5.82 Å². The molecule has 2 N–H and O–H groups in total. The lowest BCUT2D eigenvalue weighted by molar-refractivity contribution is 0.721. The van der Waals surface area contributed by atoms with Gasteiger partial charge in [-0.3, -0.25) is 0 Å². The molecule has 2 aromatic rings. The van der Waals surface area contributed by atoms with Gasteiger partial charge in [0.2, 0.25) is 0 Å². The number of benzene rings is 1. The molecule has 0 aliphatic carbocycles. The third-order valence-electron chi connectivity index (χ3n) is 3.69. The Kier molecular flexibility index (Phi) is 4.01. The maximum Gasteiger partial charge on any atom is 0.170 e. The van der Waals surface area contributed by atoms with Crippen LogP contribution >= 0.6 is 12.2 Å². The van der Waals surface area contributed by atoms with Crippen LogP contribution in [0.2, 0.25) is 0 Å². The highest BCUT2D eigenvalue weighted by Gasteiger charge is 2.16. The Labute approximate surface area is 130 Å². The molecule has 4 nitrogen and oxygen atoms in total. The number of rotatable bonds is 2. The van der Waals surface area contributed by atoms with Crippen LogP contribution in [-0.2, 0) is 13.0 Å². The Hall–Kier alpha value is -2.14. The minimum Gasteiger partial charge on any atom is -0.366 e. The number of thiocarbonyl (C=S) groups is 1. The van der Waals surface area contributed by atoms with Crippen molar-refractivity contribution in [2.24, 2.45) is 0 Å². The highest BCUT2D eigenvalue weighted by atomic mass is 32.1. The highest BCUT2D eigenvalue weighted by Crippen LogP contribution is 2.23. The molecule has 0 amide bonds. The molecule has 0 spiro atoms. The topological polar surface area (TPSA) is 40.2 Å². The average molecular weight is 298 g/mol. The van der Waals surface area contributed by atoms with Crippen molar-refractivity contribution >= 4 is 28.8 Å². The Morgan fingerprint density at radius 3 is 2.71 bits per heavy atom. The van der Waals surface area contributed by atoms with Gasteiger partial charge in [-0.05, 0) is 41.9 Å². The van der Waals surface area contributed by atoms with Crippen molar-refractivity contribution in [1.29, 1.82) is 0 Å². The minimum absolute atomic E-state index is 0.594. The van der Waals surface area contributed by atoms with Crippen LogP contribution in [0, 0.1) is 0 Å². The van der Waals surface area contributed by atoms with Crippen molar-refractivity contribution < 1.29 is 0 Å². The highest BCUT2D eigenvalue weighted by molar-refractivity contribution is 7.80. The molecule has 21 heavy (non-hydrogen) atoms. The van der Waals surface area contributed by atoms with Crippen LogP contribution in [-0.4, -0.2) is 23.7 Å². The normalized spacial score (nSPS) is 13.5. The van der Waals surface area contributed by atoms with Crippen molar-refractivity contribution in [3.05, 3.63) is 53.7 Å². The van der Waals surface area contributed by atoms with Gasteiger partial charge in [0.25, 0.3) is 0 Å². The van der Waals surface area contributed by atoms with E-state index < -0.39 is 0 Å². The predicted molar refractivity (Wildman–Crippen MR) is 90.7 cm³/mol. The first-order valence-electron chi connectivity index (χ1n) is 7.03. The Bertz CT molecular complexity index is 639. The summed E-state index contributed by atoms with van der Waals surface area (Å²) in [6.07, 6.45) is 2.89. The van der Waals surface area contributed by atoms with E-state index in [2.05, 4.69) is 44.8 Å². The minimum atomic E-state index is 0.594. The molecule has 0 radical (unpaired) electrons. The molecule has 108 valence electrons. The Morgan fingerprint density at radius 1 is 1.19 bits per heavy atom. The quantitative estimate of drug-likeness (QED) is 0.834. The third-order valence-corrected chi connectivity index (χ3v) is 3.99. The molecule has 0 fully saturated rings. The van der Waals surface area contributed by atoms with Gasteiger partial charge in [0.15, 0.2) is 5.11 Å². The van der Waals surface area contributed by atoms with Crippen LogP contribution in [0.15, 0.2) is 42.6 Å². The molecule has 5 heteroatoms. The van der Waals surface area contributed by atoms with Crippen LogP contribution in [0.4, 0.5) is 11.5 Å². The number of hydrogen-bond donors (Lipinski definition) is 2. The second kappa shape index (κ2) is 6.10. The van der Waals surface area contributed by atoms with Crippen molar-refractivity contribution in [1.82, 2.24) is 10.3 Å². The number of nitrogens with zero attached hydrogens (tertiary/aromatic N) is 2. The summed E-state index contributed by atoms with van der Waals surface area (Å²) in [4.78, 5) is 6.85. The zero-order chi connectivity index (χ0) is 14.7. The summed E-state index contributed by atoms with van der Waals surface area (Å²) >= 11 is 5.08. The lowest BCUT2D eigenvalue weighted by atomic mass is 10.00. The SMILES string of the molecule is CNC(=S)Nc1ccc(N2CCc3ccccc3C2)nc1. The van der Waals surface area contributed by atoms with Crippen molar-refractivity contribution in [2.45, 2.75) is 13.0 Å². The van der Waals surface area contributed by atoms with E-state index in [0.29, 0.717) is 5.11 Å². The van der Waals surface area contributed by atoms with Gasteiger partial charge >= 0.3 is 0 Å². The second-order valence-corrected chi connectivity index (χ2v) is 5.46. The van der Waals surface area contributed by atoms with Gasteiger partial charge < -0.3 is 15.5 Å². The Balaban J connectivity index is 1.72. The van der Waals surface area contributed by atoms with E-state index in [1.165, 1.54) is 11.1 Å². The maximum absolute atomic E-state index is 5.08. The molecule has 0 unspecified atom stereocenters. The zero-order valence-corrected chi connectivity index (χ0v) is 12.8. The second-order valence-electron chi connectivity index (χ2n) is 5.05. The Morgan fingerprint density at radius 2 is 2.00 bits per heavy atom. The number of nitrogens with one attached hydrogen (secondary N) is 2. The average Bonchev–Trinajstić information content (AvgIpc) is 2.55. The van der Waals surface area contributed by atoms with Crippen LogP contribution in [0.3, 0.4) is 0 Å². The van der Waals surface area contributed by atoms with Crippen molar-refractivity contribution in [2.75, 3.05) is 23.8 Å². The predicted octanol–water partition coefficient (Wildman–Crippen LogP) is 2.56. The maximum atomic E-state index is 5.08. The van der Waals surface area contributed by atoms with E-state index >= 15 is 0 Å². The van der Waals surface area contributed by atoms with E-state index in [9.17, 15) is 0 Å². The molecular formula is C16H18N4S. The summed E-state index contributed by atoms with van der Waals surface area (Å²) in [5, 5.41) is 6.56. The largest absolute Gasteiger partial charge is 0.366 e. The van der Waals surface area contributed by atoms with Gasteiger partial charge in [0, 0.05) is 20.1 Å². The molecular weight excluding hydrogens is 280 g/mol. The summed E-state index contributed by atoms with van der Waals surface area (Å²) in [5.41, 5.74) is 3.74. The van der Waals surface area contributed by atoms with Gasteiger partial charge in [0.05, 0.1) is 11.9 Å². The summed E-state index contributed by atoms with van der Waals surface area (Å²) in [7, 11) is 1.79. The van der Waals surface area contributed by atoms with Crippen molar-refractivity contribution in [3.63, 3.8) is 0 Å². The number of anilines is 2. The first-order valence-corrected chi connectivity index (χ1v) is 7.43. The molecule has 1 aromatic heterocycles. The van der Waals surface area contributed by atoms with E-state index in [0.717, 1.165) is 31.0 Å². The van der Waals surface area contributed by atoms with Gasteiger partial charge in [-0.15, -0.1) is 0 Å². The zero-order valence-electron chi connectivity index (χ0n) is 12.0. The van der Waals surface area contributed by atoms with Crippen LogP contribution in [0.1, 0.15) is 11.1 Å². The van der Waals surface area contributed by atoms with Gasteiger partial charge in [-0.1, -0.05) is 24.3 Å². The molecule has 1 aliphatic heterocycles. The molecule has 0 atom stereocenters. The molecule has 1 aliphatic rings. The third kappa shape index (κ3) is 3.13. The van der Waals surface area contributed by atoms with E-state index in [-0.39, 0.29) is 0 Å². The molecule has 1 aromatic carbocycles. The summed E-state index contributed by atoms with van der Waals surface area (Å²) < 4.78 is 0. The molecule has 0 saturated carbocycles. The van der Waals surface area contributed by atoms with Crippen LogP contribution in [0.25, 0.3) is 0 Å². The first-order chi connectivity index (χ1) is 10.3. The summed E-state index contributed by atoms with van der Waals surface area (Å²) in [6.45, 7) is 1.93. The van der Waals surface area contributed by atoms with E-state index in [1.54, 1.807) is 7.05 Å². The smallest absolute Gasteiger partial charge is 0.170 e. The van der Waals surface area contributed by atoms with Gasteiger partial charge in [-0.25, -0.2) is 4.98 Å². The first kappa shape index (κ1) is 13.8. The van der Waals surface area contributed by atoms with E-state index in [1.807, 2.05) is 18.3 Å². The fourth-order valence-electron chi connectivity index (χ4n) is 2.53. The molecule has 2 heterocycles. The number of fused-ring (bicyclic) bond motifs is 1. The number of hydrogen-bond acceptors (Lipinski definition) is 3. The van der Waals surface area contributed by atoms with Crippen LogP contribution in [0.5, 0.6) is 0 Å². The number of aromatic nitrogens is 1. The molecule has 0 saturated heterocycles. The van der Waals surface area contributed by atoms with Gasteiger partial charge in [-0.2, -0.15) is 0 Å². The summed E-state index contributed by atoms with van der Waals surface area (Å²) in [6, 6.07) is 12.7. The number of pyridine rings is 1. The van der Waals surface area contributed by atoms with Crippen molar-refractivity contribution in [3.8, 4) is 0 Å². The fraction of sp³-hybridized carbons (Fsp3) is 0.250. The lowest BCUT2D eigenvalue weighted by Gasteiger charge is -2.29. The molecule has 3 rings (SSSR count). The molecule has 0 bridgehead atoms. The summed E-state index contributed by atoms with van der Waals surface area (Å²) in [5.74, 6) is 1.01. The lowest BCUT2D eigenvalue weighted by Crippen LogP contribution is -2.31. The van der Waals surface area contributed by atoms with Crippen LogP contribution < -0.4 is 15.5 Å². The monoisotopic (exact) mass is 298 g/mol.